The monoisotopic (exact) mass is 228 g/mol. The van der Waals surface area contributed by atoms with Crippen molar-refractivity contribution in [2.24, 2.45) is 5.92 Å². The van der Waals surface area contributed by atoms with Gasteiger partial charge in [0.05, 0.1) is 12.4 Å². The van der Waals surface area contributed by atoms with Crippen LogP contribution < -0.4 is 0 Å². The van der Waals surface area contributed by atoms with Gasteiger partial charge in [0.1, 0.15) is 5.76 Å². The van der Waals surface area contributed by atoms with Crippen molar-refractivity contribution < 1.29 is 9.52 Å². The fourth-order valence-corrected chi connectivity index (χ4v) is 2.51. The van der Waals surface area contributed by atoms with Crippen LogP contribution in [0.5, 0.6) is 0 Å². The summed E-state index contributed by atoms with van der Waals surface area (Å²) in [4.78, 5) is 0. The highest BCUT2D eigenvalue weighted by Gasteiger charge is 2.43. The first-order valence-electron chi connectivity index (χ1n) is 6.10. The van der Waals surface area contributed by atoms with Crippen molar-refractivity contribution in [3.8, 4) is 0 Å². The summed E-state index contributed by atoms with van der Waals surface area (Å²) >= 11 is 0. The molecule has 0 bridgehead atoms. The number of furan rings is 1. The van der Waals surface area contributed by atoms with Crippen molar-refractivity contribution in [3.63, 3.8) is 0 Å². The molecular formula is C15H16O2. The second kappa shape index (κ2) is 4.38. The zero-order valence-electron chi connectivity index (χ0n) is 9.62. The number of rotatable bonds is 4. The Labute approximate surface area is 101 Å². The second-order valence-corrected chi connectivity index (χ2v) is 4.77. The molecule has 1 heterocycles. The highest BCUT2D eigenvalue weighted by Crippen LogP contribution is 2.49. The average Bonchev–Trinajstić information content (AvgIpc) is 3.02. The van der Waals surface area contributed by atoms with Crippen molar-refractivity contribution in [3.05, 3.63) is 60.1 Å². The van der Waals surface area contributed by atoms with Gasteiger partial charge in [-0.15, -0.1) is 0 Å². The Kier molecular flexibility index (Phi) is 2.73. The Morgan fingerprint density at radius 3 is 2.71 bits per heavy atom. The van der Waals surface area contributed by atoms with Crippen molar-refractivity contribution in [1.29, 1.82) is 0 Å². The lowest BCUT2D eigenvalue weighted by Gasteiger charge is -2.08. The molecule has 0 saturated heterocycles. The highest BCUT2D eigenvalue weighted by molar-refractivity contribution is 5.26. The van der Waals surface area contributed by atoms with E-state index in [-0.39, 0.29) is 6.10 Å². The Balaban J connectivity index is 1.61. The van der Waals surface area contributed by atoms with E-state index in [9.17, 15) is 5.11 Å². The standard InChI is InChI=1S/C15H16O2/c16-15(9-12-7-4-8-17-12)14-10-13(14)11-5-2-1-3-6-11/h1-8,13-16H,9-10H2. The molecule has 3 unspecified atom stereocenters. The number of aliphatic hydroxyl groups excluding tert-OH is 1. The quantitative estimate of drug-likeness (QED) is 0.872. The topological polar surface area (TPSA) is 33.4 Å². The molecule has 1 saturated carbocycles. The van der Waals surface area contributed by atoms with E-state index >= 15 is 0 Å². The van der Waals surface area contributed by atoms with Gasteiger partial charge in [-0.3, -0.25) is 0 Å². The molecule has 1 N–H and O–H groups in total. The van der Waals surface area contributed by atoms with Gasteiger partial charge in [-0.1, -0.05) is 30.3 Å². The van der Waals surface area contributed by atoms with E-state index in [4.69, 9.17) is 4.42 Å². The van der Waals surface area contributed by atoms with Gasteiger partial charge in [-0.2, -0.15) is 0 Å². The van der Waals surface area contributed by atoms with Crippen LogP contribution in [-0.4, -0.2) is 11.2 Å². The van der Waals surface area contributed by atoms with Gasteiger partial charge >= 0.3 is 0 Å². The Bertz CT molecular complexity index is 461. The minimum atomic E-state index is -0.286. The zero-order valence-corrected chi connectivity index (χ0v) is 9.62. The van der Waals surface area contributed by atoms with E-state index < -0.39 is 0 Å². The first-order chi connectivity index (χ1) is 8.34. The Morgan fingerprint density at radius 1 is 1.18 bits per heavy atom. The normalized spacial score (nSPS) is 24.5. The molecule has 0 aliphatic heterocycles. The lowest BCUT2D eigenvalue weighted by Crippen LogP contribution is -2.13. The molecule has 3 rings (SSSR count). The minimum absolute atomic E-state index is 0.286. The van der Waals surface area contributed by atoms with Crippen LogP contribution in [0.1, 0.15) is 23.7 Å². The van der Waals surface area contributed by atoms with Gasteiger partial charge in [0.25, 0.3) is 0 Å². The van der Waals surface area contributed by atoms with E-state index in [1.54, 1.807) is 6.26 Å². The summed E-state index contributed by atoms with van der Waals surface area (Å²) in [6, 6.07) is 14.2. The molecule has 2 heteroatoms. The third-order valence-corrected chi connectivity index (χ3v) is 3.55. The van der Waals surface area contributed by atoms with E-state index in [2.05, 4.69) is 24.3 Å². The van der Waals surface area contributed by atoms with Crippen molar-refractivity contribution in [2.45, 2.75) is 24.9 Å². The molecule has 0 spiro atoms. The van der Waals surface area contributed by atoms with E-state index in [1.165, 1.54) is 5.56 Å². The molecule has 1 aromatic heterocycles. The molecule has 0 amide bonds. The van der Waals surface area contributed by atoms with Gasteiger partial charge in [0.15, 0.2) is 0 Å². The van der Waals surface area contributed by atoms with E-state index in [0.717, 1.165) is 12.2 Å². The predicted octanol–water partition coefficient (Wildman–Crippen LogP) is 2.99. The summed E-state index contributed by atoms with van der Waals surface area (Å²) in [6.45, 7) is 0. The molecule has 2 nitrogen and oxygen atoms in total. The van der Waals surface area contributed by atoms with Gasteiger partial charge in [0.2, 0.25) is 0 Å². The smallest absolute Gasteiger partial charge is 0.106 e. The van der Waals surface area contributed by atoms with Crippen LogP contribution >= 0.6 is 0 Å². The fraction of sp³-hybridized carbons (Fsp3) is 0.333. The van der Waals surface area contributed by atoms with Crippen LogP contribution in [0.15, 0.2) is 53.1 Å². The maximum Gasteiger partial charge on any atom is 0.106 e. The lowest BCUT2D eigenvalue weighted by atomic mass is 10.0. The van der Waals surface area contributed by atoms with Crippen LogP contribution in [0.3, 0.4) is 0 Å². The van der Waals surface area contributed by atoms with Gasteiger partial charge in [-0.25, -0.2) is 0 Å². The molecule has 1 aromatic carbocycles. The number of benzene rings is 1. The molecule has 3 atom stereocenters. The van der Waals surface area contributed by atoms with Crippen LogP contribution in [0.2, 0.25) is 0 Å². The fourth-order valence-electron chi connectivity index (χ4n) is 2.51. The molecular weight excluding hydrogens is 212 g/mol. The van der Waals surface area contributed by atoms with Gasteiger partial charge in [-0.05, 0) is 36.0 Å². The summed E-state index contributed by atoms with van der Waals surface area (Å²) in [5.74, 6) is 1.79. The third-order valence-electron chi connectivity index (χ3n) is 3.55. The molecule has 17 heavy (non-hydrogen) atoms. The first-order valence-corrected chi connectivity index (χ1v) is 6.10. The maximum atomic E-state index is 10.1. The summed E-state index contributed by atoms with van der Waals surface area (Å²) in [5.41, 5.74) is 1.34. The van der Waals surface area contributed by atoms with Gasteiger partial charge < -0.3 is 9.52 Å². The van der Waals surface area contributed by atoms with E-state index in [1.807, 2.05) is 18.2 Å². The third kappa shape index (κ3) is 2.27. The summed E-state index contributed by atoms with van der Waals surface area (Å²) in [5, 5.41) is 10.1. The first kappa shape index (κ1) is 10.6. The number of hydrogen-bond acceptors (Lipinski definition) is 2. The van der Waals surface area contributed by atoms with Crippen molar-refractivity contribution in [1.82, 2.24) is 0 Å². The summed E-state index contributed by atoms with van der Waals surface area (Å²) in [7, 11) is 0. The van der Waals surface area contributed by atoms with Crippen LogP contribution in [0.4, 0.5) is 0 Å². The molecule has 1 fully saturated rings. The Morgan fingerprint density at radius 2 is 2.00 bits per heavy atom. The van der Waals surface area contributed by atoms with Crippen LogP contribution in [0, 0.1) is 5.92 Å². The Hall–Kier alpha value is -1.54. The van der Waals surface area contributed by atoms with Crippen molar-refractivity contribution in [2.75, 3.05) is 0 Å². The zero-order chi connectivity index (χ0) is 11.7. The van der Waals surface area contributed by atoms with Crippen molar-refractivity contribution >= 4 is 0 Å². The van der Waals surface area contributed by atoms with Crippen LogP contribution in [0.25, 0.3) is 0 Å². The lowest BCUT2D eigenvalue weighted by molar-refractivity contribution is 0.142. The predicted molar refractivity (Wildman–Crippen MR) is 65.7 cm³/mol. The second-order valence-electron chi connectivity index (χ2n) is 4.77. The highest BCUT2D eigenvalue weighted by atomic mass is 16.3. The molecule has 0 radical (unpaired) electrons. The average molecular weight is 228 g/mol. The summed E-state index contributed by atoms with van der Waals surface area (Å²) < 4.78 is 5.26. The van der Waals surface area contributed by atoms with Gasteiger partial charge in [0, 0.05) is 6.42 Å². The molecule has 1 aliphatic rings. The molecule has 1 aliphatic carbocycles. The minimum Gasteiger partial charge on any atom is -0.469 e. The molecule has 2 aromatic rings. The number of aliphatic hydroxyl groups is 1. The SMILES string of the molecule is OC(Cc1ccco1)C1CC1c1ccccc1. The summed E-state index contributed by atoms with van der Waals surface area (Å²) in [6.07, 6.45) is 3.09. The largest absolute Gasteiger partial charge is 0.469 e. The number of hydrogen-bond donors (Lipinski definition) is 1. The van der Waals surface area contributed by atoms with E-state index in [0.29, 0.717) is 18.3 Å². The molecule has 88 valence electrons. The van der Waals surface area contributed by atoms with Crippen LogP contribution in [-0.2, 0) is 6.42 Å². The maximum absolute atomic E-state index is 10.1.